The number of anilines is 2. The number of nitrogens with zero attached hydrogens (tertiary/aromatic N) is 2. The van der Waals surface area contributed by atoms with E-state index in [1.165, 1.54) is 5.56 Å². The molecule has 2 aromatic carbocycles. The molecule has 0 fully saturated rings. The van der Waals surface area contributed by atoms with E-state index >= 15 is 0 Å². The summed E-state index contributed by atoms with van der Waals surface area (Å²) >= 11 is 0. The van der Waals surface area contributed by atoms with E-state index in [4.69, 9.17) is 4.74 Å². The first-order valence-electron chi connectivity index (χ1n) is 9.88. The van der Waals surface area contributed by atoms with Gasteiger partial charge in [-0.3, -0.25) is 4.79 Å². The highest BCUT2D eigenvalue weighted by Gasteiger charge is 2.15. The van der Waals surface area contributed by atoms with Crippen molar-refractivity contribution in [3.63, 3.8) is 0 Å². The minimum absolute atomic E-state index is 0.261. The zero-order valence-electron chi connectivity index (χ0n) is 17.1. The number of para-hydroxylation sites is 2. The van der Waals surface area contributed by atoms with Crippen molar-refractivity contribution < 1.29 is 9.53 Å². The summed E-state index contributed by atoms with van der Waals surface area (Å²) in [5, 5.41) is 2.88. The Morgan fingerprint density at radius 1 is 1.03 bits per heavy atom. The third kappa shape index (κ3) is 5.35. The number of hydrogen-bond donors (Lipinski definition) is 1. The molecule has 0 atom stereocenters. The summed E-state index contributed by atoms with van der Waals surface area (Å²) in [5.74, 6) is 0.386. The molecule has 0 aliphatic rings. The van der Waals surface area contributed by atoms with Gasteiger partial charge in [0.1, 0.15) is 11.4 Å². The Morgan fingerprint density at radius 2 is 1.76 bits per heavy atom. The average molecular weight is 389 g/mol. The molecule has 0 spiro atoms. The molecule has 1 N–H and O–H groups in total. The van der Waals surface area contributed by atoms with E-state index in [0.29, 0.717) is 29.8 Å². The molecule has 3 aromatic rings. The Kier molecular flexibility index (Phi) is 6.85. The highest BCUT2D eigenvalue weighted by atomic mass is 16.5. The van der Waals surface area contributed by atoms with Crippen LogP contribution in [0.25, 0.3) is 0 Å². The summed E-state index contributed by atoms with van der Waals surface area (Å²) in [6.45, 7) is 7.52. The van der Waals surface area contributed by atoms with Gasteiger partial charge in [-0.2, -0.15) is 0 Å². The van der Waals surface area contributed by atoms with Crippen LogP contribution in [0.3, 0.4) is 0 Å². The van der Waals surface area contributed by atoms with Crippen molar-refractivity contribution in [2.45, 2.75) is 33.4 Å². The standard InChI is InChI=1S/C24H27N3O2/c1-4-29-23-13-9-8-12-21(23)26-24(28)22-15-14-20(16-25-22)27(18(2)3)17-19-10-6-5-7-11-19/h5-16,18H,4,17H2,1-3H3,(H,26,28). The van der Waals surface area contributed by atoms with Gasteiger partial charge in [0.05, 0.1) is 24.2 Å². The smallest absolute Gasteiger partial charge is 0.274 e. The average Bonchev–Trinajstić information content (AvgIpc) is 2.74. The van der Waals surface area contributed by atoms with Crippen LogP contribution in [0.2, 0.25) is 0 Å². The van der Waals surface area contributed by atoms with Crippen molar-refractivity contribution in [2.75, 3.05) is 16.8 Å². The predicted octanol–water partition coefficient (Wildman–Crippen LogP) is 5.15. The number of hydrogen-bond acceptors (Lipinski definition) is 4. The molecule has 0 saturated carbocycles. The molecule has 0 aliphatic carbocycles. The number of rotatable bonds is 8. The second-order valence-corrected chi connectivity index (χ2v) is 6.99. The summed E-state index contributed by atoms with van der Waals surface area (Å²) < 4.78 is 5.57. The van der Waals surface area contributed by atoms with Crippen molar-refractivity contribution in [3.05, 3.63) is 84.2 Å². The van der Waals surface area contributed by atoms with Crippen LogP contribution >= 0.6 is 0 Å². The van der Waals surface area contributed by atoms with Crippen molar-refractivity contribution in [3.8, 4) is 5.75 Å². The molecular formula is C24H27N3O2. The van der Waals surface area contributed by atoms with E-state index in [0.717, 1.165) is 12.2 Å². The zero-order chi connectivity index (χ0) is 20.6. The fourth-order valence-electron chi connectivity index (χ4n) is 3.08. The molecule has 3 rings (SSSR count). The molecule has 0 saturated heterocycles. The number of benzene rings is 2. The summed E-state index contributed by atoms with van der Waals surface area (Å²) in [4.78, 5) is 19.3. The number of nitrogens with one attached hydrogen (secondary N) is 1. The van der Waals surface area contributed by atoms with Crippen LogP contribution < -0.4 is 15.0 Å². The van der Waals surface area contributed by atoms with E-state index in [2.05, 4.69) is 41.2 Å². The summed E-state index contributed by atoms with van der Waals surface area (Å²) in [6, 6.07) is 21.7. The molecule has 0 unspecified atom stereocenters. The maximum absolute atomic E-state index is 12.6. The number of carbonyl (C=O) groups excluding carboxylic acids is 1. The lowest BCUT2D eigenvalue weighted by Gasteiger charge is -2.29. The predicted molar refractivity (Wildman–Crippen MR) is 118 cm³/mol. The van der Waals surface area contributed by atoms with E-state index in [1.807, 2.05) is 55.5 Å². The second kappa shape index (κ2) is 9.73. The molecule has 29 heavy (non-hydrogen) atoms. The molecule has 5 heteroatoms. The molecule has 150 valence electrons. The van der Waals surface area contributed by atoms with Crippen LogP contribution in [0.15, 0.2) is 72.9 Å². The third-order valence-corrected chi connectivity index (χ3v) is 4.57. The van der Waals surface area contributed by atoms with Crippen LogP contribution in [-0.2, 0) is 6.54 Å². The fraction of sp³-hybridized carbons (Fsp3) is 0.250. The highest BCUT2D eigenvalue weighted by molar-refractivity contribution is 6.03. The van der Waals surface area contributed by atoms with Gasteiger partial charge in [0.15, 0.2) is 0 Å². The van der Waals surface area contributed by atoms with E-state index < -0.39 is 0 Å². The Hall–Kier alpha value is -3.34. The van der Waals surface area contributed by atoms with Crippen LogP contribution in [0.1, 0.15) is 36.8 Å². The van der Waals surface area contributed by atoms with Crippen LogP contribution in [0, 0.1) is 0 Å². The highest BCUT2D eigenvalue weighted by Crippen LogP contribution is 2.25. The minimum Gasteiger partial charge on any atom is -0.492 e. The van der Waals surface area contributed by atoms with E-state index in [1.54, 1.807) is 12.3 Å². The lowest BCUT2D eigenvalue weighted by molar-refractivity contribution is 0.102. The maximum atomic E-state index is 12.6. The number of pyridine rings is 1. The Morgan fingerprint density at radius 3 is 2.41 bits per heavy atom. The largest absolute Gasteiger partial charge is 0.492 e. The van der Waals surface area contributed by atoms with Gasteiger partial charge in [-0.1, -0.05) is 42.5 Å². The van der Waals surface area contributed by atoms with Gasteiger partial charge in [0.25, 0.3) is 5.91 Å². The van der Waals surface area contributed by atoms with Gasteiger partial charge in [0.2, 0.25) is 0 Å². The summed E-state index contributed by atoms with van der Waals surface area (Å²) in [6.07, 6.45) is 1.76. The van der Waals surface area contributed by atoms with Crippen molar-refractivity contribution in [1.82, 2.24) is 4.98 Å². The Bertz CT molecular complexity index is 924. The summed E-state index contributed by atoms with van der Waals surface area (Å²) in [7, 11) is 0. The monoisotopic (exact) mass is 389 g/mol. The van der Waals surface area contributed by atoms with Crippen LogP contribution in [0.4, 0.5) is 11.4 Å². The lowest BCUT2D eigenvalue weighted by Crippen LogP contribution is -2.30. The fourth-order valence-corrected chi connectivity index (χ4v) is 3.08. The first-order chi connectivity index (χ1) is 14.1. The van der Waals surface area contributed by atoms with Crippen LogP contribution in [0.5, 0.6) is 5.75 Å². The van der Waals surface area contributed by atoms with Crippen molar-refractivity contribution >= 4 is 17.3 Å². The molecule has 5 nitrogen and oxygen atoms in total. The van der Waals surface area contributed by atoms with E-state index in [9.17, 15) is 4.79 Å². The van der Waals surface area contributed by atoms with Gasteiger partial charge in [0, 0.05) is 12.6 Å². The normalized spacial score (nSPS) is 10.6. The minimum atomic E-state index is -0.261. The molecule has 1 aromatic heterocycles. The van der Waals surface area contributed by atoms with Gasteiger partial charge in [-0.05, 0) is 50.6 Å². The molecule has 0 bridgehead atoms. The van der Waals surface area contributed by atoms with Gasteiger partial charge >= 0.3 is 0 Å². The van der Waals surface area contributed by atoms with Gasteiger partial charge in [-0.25, -0.2) is 4.98 Å². The molecule has 0 radical (unpaired) electrons. The summed E-state index contributed by atoms with van der Waals surface area (Å²) in [5.41, 5.74) is 3.22. The number of ether oxygens (including phenoxy) is 1. The van der Waals surface area contributed by atoms with Crippen LogP contribution in [-0.4, -0.2) is 23.5 Å². The first-order valence-corrected chi connectivity index (χ1v) is 9.88. The molecule has 1 heterocycles. The Labute approximate surface area is 172 Å². The van der Waals surface area contributed by atoms with Crippen molar-refractivity contribution in [1.29, 1.82) is 0 Å². The first kappa shape index (κ1) is 20.4. The number of aromatic nitrogens is 1. The zero-order valence-corrected chi connectivity index (χ0v) is 17.1. The molecule has 0 aliphatic heterocycles. The van der Waals surface area contributed by atoms with Gasteiger partial charge < -0.3 is 15.0 Å². The van der Waals surface area contributed by atoms with E-state index in [-0.39, 0.29) is 5.91 Å². The van der Waals surface area contributed by atoms with Crippen molar-refractivity contribution in [2.24, 2.45) is 0 Å². The maximum Gasteiger partial charge on any atom is 0.274 e. The topological polar surface area (TPSA) is 54.5 Å². The number of amides is 1. The SMILES string of the molecule is CCOc1ccccc1NC(=O)c1ccc(N(Cc2ccccc2)C(C)C)cn1. The lowest BCUT2D eigenvalue weighted by atomic mass is 10.1. The molecular weight excluding hydrogens is 362 g/mol. The second-order valence-electron chi connectivity index (χ2n) is 6.99. The molecule has 1 amide bonds. The number of carbonyl (C=O) groups is 1. The van der Waals surface area contributed by atoms with Gasteiger partial charge in [-0.15, -0.1) is 0 Å². The quantitative estimate of drug-likeness (QED) is 0.579. The Balaban J connectivity index is 1.74. The third-order valence-electron chi connectivity index (χ3n) is 4.57.